The molecular weight excluding hydrogens is 474 g/mol. The summed E-state index contributed by atoms with van der Waals surface area (Å²) in [6.45, 7) is 2.33. The van der Waals surface area contributed by atoms with Crippen LogP contribution in [0.3, 0.4) is 0 Å². The average molecular weight is 500 g/mol. The zero-order chi connectivity index (χ0) is 25.1. The van der Waals surface area contributed by atoms with Gasteiger partial charge in [0.2, 0.25) is 0 Å². The summed E-state index contributed by atoms with van der Waals surface area (Å²) < 4.78 is 18.2. The number of carbonyl (C=O) groups excluding carboxylic acids is 1. The second-order valence-corrected chi connectivity index (χ2v) is 9.12. The number of amidine groups is 1. The van der Waals surface area contributed by atoms with Gasteiger partial charge in [-0.05, 0) is 97.6 Å². The number of methoxy groups -OCH3 is 2. The molecule has 2 aromatic heterocycles. The molecule has 0 radical (unpaired) electrons. The Balaban J connectivity index is 1.51. The third-order valence-electron chi connectivity index (χ3n) is 5.80. The summed E-state index contributed by atoms with van der Waals surface area (Å²) >= 11 is 1.35. The molecule has 1 saturated heterocycles. The van der Waals surface area contributed by atoms with Gasteiger partial charge >= 0.3 is 0 Å². The van der Waals surface area contributed by atoms with E-state index in [0.29, 0.717) is 22.4 Å². The van der Waals surface area contributed by atoms with Crippen molar-refractivity contribution in [2.45, 2.75) is 13.5 Å². The summed E-state index contributed by atoms with van der Waals surface area (Å²) in [6.07, 6.45) is 3.51. The Labute approximate surface area is 213 Å². The Kier molecular flexibility index (Phi) is 6.69. The van der Waals surface area contributed by atoms with Crippen molar-refractivity contribution in [3.8, 4) is 17.2 Å². The van der Waals surface area contributed by atoms with E-state index < -0.39 is 0 Å². The van der Waals surface area contributed by atoms with Crippen LogP contribution in [0.4, 0.5) is 5.69 Å². The topological polar surface area (TPSA) is 69.2 Å². The average Bonchev–Trinajstić information content (AvgIpc) is 3.62. The quantitative estimate of drug-likeness (QED) is 0.283. The molecule has 2 aromatic carbocycles. The summed E-state index contributed by atoms with van der Waals surface area (Å²) in [4.78, 5) is 20.5. The number of nitrogens with zero attached hydrogens (tertiary/aromatic N) is 3. The van der Waals surface area contributed by atoms with Gasteiger partial charge in [0, 0.05) is 17.1 Å². The molecule has 1 fully saturated rings. The molecule has 0 aliphatic carbocycles. The molecule has 7 nitrogen and oxygen atoms in total. The van der Waals surface area contributed by atoms with E-state index in [9.17, 15) is 4.79 Å². The van der Waals surface area contributed by atoms with Crippen LogP contribution >= 0.6 is 11.8 Å². The monoisotopic (exact) mass is 499 g/mol. The van der Waals surface area contributed by atoms with Crippen molar-refractivity contribution in [1.82, 2.24) is 9.47 Å². The minimum Gasteiger partial charge on any atom is -0.497 e. The molecule has 0 saturated carbocycles. The molecule has 1 aliphatic rings. The highest BCUT2D eigenvalue weighted by atomic mass is 32.2. The van der Waals surface area contributed by atoms with Gasteiger partial charge in [0.25, 0.3) is 5.91 Å². The molecule has 0 unspecified atom stereocenters. The van der Waals surface area contributed by atoms with Crippen molar-refractivity contribution in [1.29, 1.82) is 0 Å². The minimum absolute atomic E-state index is 0.121. The van der Waals surface area contributed by atoms with Crippen LogP contribution in [0.5, 0.6) is 11.5 Å². The lowest BCUT2D eigenvalue weighted by Gasteiger charge is -2.14. The smallest absolute Gasteiger partial charge is 0.267 e. The van der Waals surface area contributed by atoms with Crippen molar-refractivity contribution >= 4 is 34.6 Å². The Hall–Kier alpha value is -4.17. The summed E-state index contributed by atoms with van der Waals surface area (Å²) in [5.41, 5.74) is 3.67. The van der Waals surface area contributed by atoms with Gasteiger partial charge in [-0.25, -0.2) is 4.99 Å². The normalized spacial score (nSPS) is 15.8. The van der Waals surface area contributed by atoms with Crippen molar-refractivity contribution in [3.05, 3.63) is 101 Å². The molecule has 8 heteroatoms. The van der Waals surface area contributed by atoms with Crippen LogP contribution in [0, 0.1) is 6.92 Å². The molecule has 0 bridgehead atoms. The van der Waals surface area contributed by atoms with Crippen molar-refractivity contribution < 1.29 is 18.7 Å². The fourth-order valence-corrected chi connectivity index (χ4v) is 4.93. The first-order valence-electron chi connectivity index (χ1n) is 11.3. The number of aromatic nitrogens is 1. The second-order valence-electron chi connectivity index (χ2n) is 8.11. The number of amides is 1. The zero-order valence-corrected chi connectivity index (χ0v) is 21.0. The number of aryl methyl sites for hydroxylation is 1. The lowest BCUT2D eigenvalue weighted by molar-refractivity contribution is -0.122. The molecule has 4 aromatic rings. The van der Waals surface area contributed by atoms with Crippen LogP contribution < -0.4 is 9.47 Å². The predicted molar refractivity (Wildman–Crippen MR) is 142 cm³/mol. The van der Waals surface area contributed by atoms with Gasteiger partial charge in [-0.1, -0.05) is 0 Å². The number of aliphatic imine (C=N–C) groups is 1. The van der Waals surface area contributed by atoms with Gasteiger partial charge in [0.05, 0.1) is 37.6 Å². The van der Waals surface area contributed by atoms with E-state index in [1.807, 2.05) is 85.8 Å². The number of hydrogen-bond acceptors (Lipinski definition) is 6. The lowest BCUT2D eigenvalue weighted by Crippen LogP contribution is -2.28. The Bertz CT molecular complexity index is 1420. The maximum absolute atomic E-state index is 13.5. The van der Waals surface area contributed by atoms with E-state index in [1.54, 1.807) is 25.4 Å². The third-order valence-corrected chi connectivity index (χ3v) is 6.80. The van der Waals surface area contributed by atoms with E-state index in [0.717, 1.165) is 34.3 Å². The molecule has 182 valence electrons. The highest BCUT2D eigenvalue weighted by molar-refractivity contribution is 8.18. The van der Waals surface area contributed by atoms with E-state index >= 15 is 0 Å². The molecule has 1 aliphatic heterocycles. The lowest BCUT2D eigenvalue weighted by atomic mass is 10.2. The SMILES string of the molecule is COc1ccc(N=C2S/C(=C\c3ccc(C)n3-c3ccc(OC)cc3)C(=O)N2Cc2ccco2)cc1. The number of carbonyl (C=O) groups is 1. The van der Waals surface area contributed by atoms with Crippen LogP contribution in [-0.4, -0.2) is 34.8 Å². The van der Waals surface area contributed by atoms with Gasteiger partial charge in [-0.2, -0.15) is 0 Å². The first-order valence-corrected chi connectivity index (χ1v) is 12.2. The number of benzene rings is 2. The minimum atomic E-state index is -0.121. The third kappa shape index (κ3) is 4.81. The first kappa shape index (κ1) is 23.6. The van der Waals surface area contributed by atoms with Gasteiger partial charge < -0.3 is 18.5 Å². The molecule has 3 heterocycles. The number of furan rings is 1. The number of rotatable bonds is 7. The molecule has 1 amide bonds. The van der Waals surface area contributed by atoms with E-state index in [2.05, 4.69) is 4.57 Å². The first-order chi connectivity index (χ1) is 17.6. The van der Waals surface area contributed by atoms with Crippen LogP contribution in [0.1, 0.15) is 17.1 Å². The van der Waals surface area contributed by atoms with Gasteiger partial charge in [0.15, 0.2) is 5.17 Å². The second kappa shape index (κ2) is 10.2. The molecule has 5 rings (SSSR count). The Morgan fingerprint density at radius 1 is 0.944 bits per heavy atom. The van der Waals surface area contributed by atoms with E-state index in [4.69, 9.17) is 18.9 Å². The summed E-state index contributed by atoms with van der Waals surface area (Å²) in [5.74, 6) is 2.10. The molecule has 0 N–H and O–H groups in total. The number of thioether (sulfide) groups is 1. The molecule has 0 atom stereocenters. The van der Waals surface area contributed by atoms with E-state index in [1.165, 1.54) is 11.8 Å². The summed E-state index contributed by atoms with van der Waals surface area (Å²) in [5, 5.41) is 0.590. The van der Waals surface area contributed by atoms with Gasteiger partial charge in [-0.3, -0.25) is 9.69 Å². The van der Waals surface area contributed by atoms with Gasteiger partial charge in [-0.15, -0.1) is 0 Å². The van der Waals surface area contributed by atoms with Crippen molar-refractivity contribution in [3.63, 3.8) is 0 Å². The van der Waals surface area contributed by atoms with Crippen molar-refractivity contribution in [2.24, 2.45) is 4.99 Å². The maximum Gasteiger partial charge on any atom is 0.267 e. The fourth-order valence-electron chi connectivity index (χ4n) is 3.95. The molecular formula is C28H25N3O4S. The summed E-state index contributed by atoms with van der Waals surface area (Å²) in [6, 6.07) is 23.0. The van der Waals surface area contributed by atoms with Crippen LogP contribution in [0.15, 0.2) is 93.4 Å². The Morgan fingerprint density at radius 3 is 2.28 bits per heavy atom. The molecule has 36 heavy (non-hydrogen) atoms. The number of ether oxygens (including phenoxy) is 2. The van der Waals surface area contributed by atoms with Crippen LogP contribution in [-0.2, 0) is 11.3 Å². The highest BCUT2D eigenvalue weighted by Gasteiger charge is 2.34. The Morgan fingerprint density at radius 2 is 1.64 bits per heavy atom. The fraction of sp³-hybridized carbons (Fsp3) is 0.143. The van der Waals surface area contributed by atoms with E-state index in [-0.39, 0.29) is 5.91 Å². The highest BCUT2D eigenvalue weighted by Crippen LogP contribution is 2.36. The maximum atomic E-state index is 13.5. The number of hydrogen-bond donors (Lipinski definition) is 0. The largest absolute Gasteiger partial charge is 0.497 e. The van der Waals surface area contributed by atoms with Gasteiger partial charge in [0.1, 0.15) is 17.3 Å². The van der Waals surface area contributed by atoms with Crippen LogP contribution in [0.2, 0.25) is 0 Å². The van der Waals surface area contributed by atoms with Crippen molar-refractivity contribution in [2.75, 3.05) is 14.2 Å². The predicted octanol–water partition coefficient (Wildman–Crippen LogP) is 6.20. The van der Waals surface area contributed by atoms with Crippen LogP contribution in [0.25, 0.3) is 11.8 Å². The summed E-state index contributed by atoms with van der Waals surface area (Å²) in [7, 11) is 3.27. The molecule has 0 spiro atoms. The zero-order valence-electron chi connectivity index (χ0n) is 20.2. The standard InChI is InChI=1S/C28H25N3O4S/c1-19-6-9-22(31(19)21-10-14-24(34-3)15-11-21)17-26-27(32)30(18-25-5-4-16-35-25)28(36-26)29-20-7-12-23(33-2)13-8-20/h4-17H,18H2,1-3H3/b26-17-,29-28?.